The Bertz CT molecular complexity index is 568. The molecule has 5 N–H and O–H groups in total. The Kier molecular flexibility index (Phi) is 4.85. The normalized spacial score (nSPS) is 25.9. The fourth-order valence-electron chi connectivity index (χ4n) is 2.77. The summed E-state index contributed by atoms with van der Waals surface area (Å²) in [6, 6.07) is 5.31. The predicted octanol–water partition coefficient (Wildman–Crippen LogP) is 0.727. The molecule has 8 heteroatoms. The summed E-state index contributed by atoms with van der Waals surface area (Å²) in [6.45, 7) is 5.24. The van der Waals surface area contributed by atoms with Crippen LogP contribution in [0.2, 0.25) is 0 Å². The summed E-state index contributed by atoms with van der Waals surface area (Å²) in [7, 11) is 0. The van der Waals surface area contributed by atoms with Gasteiger partial charge in [-0.05, 0) is 32.0 Å². The molecule has 3 atom stereocenters. The number of amides is 2. The first-order valence-corrected chi connectivity index (χ1v) is 7.86. The molecule has 0 saturated carbocycles. The molecule has 1 aromatic rings. The van der Waals surface area contributed by atoms with Crippen molar-refractivity contribution < 1.29 is 14.3 Å². The van der Waals surface area contributed by atoms with Crippen LogP contribution in [0.4, 0.5) is 10.5 Å². The Balaban J connectivity index is 1.54. The second-order valence-electron chi connectivity index (χ2n) is 5.68. The molecule has 1 saturated heterocycles. The molecule has 2 amide bonds. The molecule has 1 aromatic carbocycles. The average Bonchev–Trinajstić information content (AvgIpc) is 2.94. The summed E-state index contributed by atoms with van der Waals surface area (Å²) in [5.41, 5.74) is 0.652. The minimum Gasteiger partial charge on any atom is -0.454 e. The lowest BCUT2D eigenvalue weighted by Crippen LogP contribution is -2.67. The van der Waals surface area contributed by atoms with E-state index >= 15 is 0 Å². The molecule has 2 heterocycles. The third-order valence-electron chi connectivity index (χ3n) is 3.76. The summed E-state index contributed by atoms with van der Waals surface area (Å²) in [5, 5.41) is 15.6. The van der Waals surface area contributed by atoms with Crippen molar-refractivity contribution in [2.45, 2.75) is 38.8 Å². The predicted molar refractivity (Wildman–Crippen MR) is 86.3 cm³/mol. The standard InChI is InChI=1S/C15H23N5O3/c1-3-16-13-6-9(2)17-14(19-13)20-15(21)18-10-4-5-11-12(7-10)23-8-22-11/h4-5,7,9,13-14,16-17,19H,3,6,8H2,1-2H3,(H2,18,20,21). The van der Waals surface area contributed by atoms with Gasteiger partial charge in [-0.2, -0.15) is 0 Å². The lowest BCUT2D eigenvalue weighted by molar-refractivity contribution is 0.174. The van der Waals surface area contributed by atoms with Gasteiger partial charge in [0.2, 0.25) is 6.79 Å². The van der Waals surface area contributed by atoms with Gasteiger partial charge in [0, 0.05) is 17.8 Å². The first-order valence-electron chi connectivity index (χ1n) is 7.86. The van der Waals surface area contributed by atoms with Crippen molar-refractivity contribution >= 4 is 11.7 Å². The van der Waals surface area contributed by atoms with E-state index in [-0.39, 0.29) is 25.3 Å². The summed E-state index contributed by atoms with van der Waals surface area (Å²) in [6.07, 6.45) is 0.833. The van der Waals surface area contributed by atoms with Crippen molar-refractivity contribution in [1.82, 2.24) is 21.3 Å². The van der Waals surface area contributed by atoms with Crippen molar-refractivity contribution in [3.05, 3.63) is 18.2 Å². The quantitative estimate of drug-likeness (QED) is 0.561. The highest BCUT2D eigenvalue weighted by molar-refractivity contribution is 5.89. The van der Waals surface area contributed by atoms with Crippen molar-refractivity contribution in [1.29, 1.82) is 0 Å². The molecule has 0 bridgehead atoms. The van der Waals surface area contributed by atoms with Gasteiger partial charge in [-0.25, -0.2) is 4.79 Å². The lowest BCUT2D eigenvalue weighted by Gasteiger charge is -2.36. The van der Waals surface area contributed by atoms with Crippen LogP contribution in [0.1, 0.15) is 20.3 Å². The first kappa shape index (κ1) is 15.9. The highest BCUT2D eigenvalue weighted by atomic mass is 16.7. The Morgan fingerprint density at radius 1 is 1.30 bits per heavy atom. The smallest absolute Gasteiger partial charge is 0.321 e. The number of urea groups is 1. The van der Waals surface area contributed by atoms with Crippen molar-refractivity contribution in [3.63, 3.8) is 0 Å². The largest absolute Gasteiger partial charge is 0.454 e. The Hall–Kier alpha value is -2.03. The number of hydrogen-bond acceptors (Lipinski definition) is 6. The molecule has 23 heavy (non-hydrogen) atoms. The van der Waals surface area contributed by atoms with E-state index in [0.717, 1.165) is 13.0 Å². The number of carbonyl (C=O) groups excluding carboxylic acids is 1. The molecule has 0 radical (unpaired) electrons. The van der Waals surface area contributed by atoms with Crippen LogP contribution < -0.4 is 36.1 Å². The average molecular weight is 321 g/mol. The van der Waals surface area contributed by atoms with Gasteiger partial charge in [-0.15, -0.1) is 0 Å². The van der Waals surface area contributed by atoms with Crippen LogP contribution in [-0.2, 0) is 0 Å². The van der Waals surface area contributed by atoms with Gasteiger partial charge in [0.25, 0.3) is 0 Å². The number of rotatable bonds is 4. The van der Waals surface area contributed by atoms with Gasteiger partial charge in [0.1, 0.15) is 6.29 Å². The number of hydrogen-bond donors (Lipinski definition) is 5. The van der Waals surface area contributed by atoms with Gasteiger partial charge >= 0.3 is 6.03 Å². The molecule has 126 valence electrons. The third-order valence-corrected chi connectivity index (χ3v) is 3.76. The molecule has 2 aliphatic rings. The molecular weight excluding hydrogens is 298 g/mol. The molecule has 8 nitrogen and oxygen atoms in total. The number of benzene rings is 1. The van der Waals surface area contributed by atoms with E-state index in [0.29, 0.717) is 23.2 Å². The number of anilines is 1. The van der Waals surface area contributed by atoms with Crippen LogP contribution in [0, 0.1) is 0 Å². The second-order valence-corrected chi connectivity index (χ2v) is 5.68. The van der Waals surface area contributed by atoms with E-state index in [4.69, 9.17) is 9.47 Å². The minimum atomic E-state index is -0.295. The van der Waals surface area contributed by atoms with E-state index in [1.165, 1.54) is 0 Å². The molecule has 0 aromatic heterocycles. The first-order chi connectivity index (χ1) is 11.1. The molecule has 0 spiro atoms. The topological polar surface area (TPSA) is 95.7 Å². The SMILES string of the molecule is CCNC1CC(C)NC(NC(=O)Nc2ccc3c(c2)OCO3)N1. The maximum absolute atomic E-state index is 12.2. The number of fused-ring (bicyclic) bond motifs is 1. The highest BCUT2D eigenvalue weighted by Crippen LogP contribution is 2.34. The Labute approximate surface area is 135 Å². The van der Waals surface area contributed by atoms with Crippen LogP contribution in [0.3, 0.4) is 0 Å². The maximum Gasteiger partial charge on any atom is 0.321 e. The van der Waals surface area contributed by atoms with Gasteiger partial charge in [0.15, 0.2) is 11.5 Å². The molecule has 1 fully saturated rings. The lowest BCUT2D eigenvalue weighted by atomic mass is 10.1. The Morgan fingerprint density at radius 2 is 2.13 bits per heavy atom. The van der Waals surface area contributed by atoms with Crippen LogP contribution in [-0.4, -0.2) is 37.9 Å². The van der Waals surface area contributed by atoms with Gasteiger partial charge < -0.3 is 25.4 Å². The minimum absolute atomic E-state index is 0.173. The molecular formula is C15H23N5O3. The van der Waals surface area contributed by atoms with E-state index in [9.17, 15) is 4.79 Å². The molecule has 3 unspecified atom stereocenters. The summed E-state index contributed by atoms with van der Waals surface area (Å²) < 4.78 is 10.5. The monoisotopic (exact) mass is 321 g/mol. The summed E-state index contributed by atoms with van der Waals surface area (Å²) >= 11 is 0. The molecule has 3 rings (SSSR count). The van der Waals surface area contributed by atoms with Crippen LogP contribution in [0.25, 0.3) is 0 Å². The highest BCUT2D eigenvalue weighted by Gasteiger charge is 2.25. The summed E-state index contributed by atoms with van der Waals surface area (Å²) in [4.78, 5) is 12.2. The van der Waals surface area contributed by atoms with Crippen LogP contribution >= 0.6 is 0 Å². The number of nitrogens with one attached hydrogen (secondary N) is 5. The van der Waals surface area contributed by atoms with Crippen molar-refractivity contribution in [2.75, 3.05) is 18.7 Å². The van der Waals surface area contributed by atoms with E-state index in [2.05, 4.69) is 40.4 Å². The van der Waals surface area contributed by atoms with Gasteiger partial charge in [-0.1, -0.05) is 6.92 Å². The molecule has 2 aliphatic heterocycles. The van der Waals surface area contributed by atoms with Crippen LogP contribution in [0.15, 0.2) is 18.2 Å². The Morgan fingerprint density at radius 3 is 2.96 bits per heavy atom. The van der Waals surface area contributed by atoms with E-state index < -0.39 is 0 Å². The van der Waals surface area contributed by atoms with E-state index in [1.807, 2.05) is 0 Å². The fourth-order valence-corrected chi connectivity index (χ4v) is 2.77. The number of ether oxygens (including phenoxy) is 2. The van der Waals surface area contributed by atoms with Gasteiger partial charge in [0.05, 0.1) is 6.17 Å². The number of carbonyl (C=O) groups is 1. The third kappa shape index (κ3) is 4.04. The van der Waals surface area contributed by atoms with Gasteiger partial charge in [-0.3, -0.25) is 10.6 Å². The zero-order valence-electron chi connectivity index (χ0n) is 13.3. The fraction of sp³-hybridized carbons (Fsp3) is 0.533. The van der Waals surface area contributed by atoms with Crippen molar-refractivity contribution in [3.8, 4) is 11.5 Å². The summed E-state index contributed by atoms with van der Waals surface area (Å²) in [5.74, 6) is 1.33. The van der Waals surface area contributed by atoms with Crippen molar-refractivity contribution in [2.24, 2.45) is 0 Å². The van der Waals surface area contributed by atoms with E-state index in [1.54, 1.807) is 18.2 Å². The van der Waals surface area contributed by atoms with Crippen LogP contribution in [0.5, 0.6) is 11.5 Å². The second kappa shape index (κ2) is 7.03. The molecule has 0 aliphatic carbocycles. The zero-order chi connectivity index (χ0) is 16.2. The maximum atomic E-state index is 12.2. The zero-order valence-corrected chi connectivity index (χ0v) is 13.3.